The zero-order chi connectivity index (χ0) is 20.8. The second kappa shape index (κ2) is 9.93. The number of thioether (sulfide) groups is 1. The molecule has 1 fully saturated rings. The van der Waals surface area contributed by atoms with E-state index < -0.39 is 5.69 Å². The van der Waals surface area contributed by atoms with E-state index in [0.29, 0.717) is 26.2 Å². The molecule has 156 valence electrons. The van der Waals surface area contributed by atoms with Crippen LogP contribution in [-0.4, -0.2) is 27.5 Å². The van der Waals surface area contributed by atoms with Crippen LogP contribution in [0.2, 0.25) is 0 Å². The molecular formula is C23H24N2O4S. The summed E-state index contributed by atoms with van der Waals surface area (Å²) in [4.78, 5) is 26.0. The van der Waals surface area contributed by atoms with Crippen LogP contribution < -0.4 is 11.2 Å². The Morgan fingerprint density at radius 1 is 0.933 bits per heavy atom. The van der Waals surface area contributed by atoms with Crippen molar-refractivity contribution in [3.63, 3.8) is 0 Å². The first-order chi connectivity index (χ1) is 14.7. The van der Waals surface area contributed by atoms with Crippen LogP contribution in [0.4, 0.5) is 0 Å². The maximum atomic E-state index is 12.2. The van der Waals surface area contributed by atoms with Gasteiger partial charge in [-0.3, -0.25) is 14.3 Å². The van der Waals surface area contributed by atoms with E-state index in [-0.39, 0.29) is 22.3 Å². The van der Waals surface area contributed by atoms with E-state index in [1.54, 1.807) is 22.5 Å². The Bertz CT molecular complexity index is 1050. The third kappa shape index (κ3) is 5.30. The van der Waals surface area contributed by atoms with Gasteiger partial charge in [0.25, 0.3) is 5.56 Å². The van der Waals surface area contributed by atoms with Crippen LogP contribution in [0.5, 0.6) is 0 Å². The monoisotopic (exact) mass is 424 g/mol. The molecule has 2 heterocycles. The summed E-state index contributed by atoms with van der Waals surface area (Å²) in [7, 11) is 0. The first-order valence-corrected chi connectivity index (χ1v) is 10.9. The van der Waals surface area contributed by atoms with Crippen LogP contribution in [0.15, 0.2) is 82.5 Å². The molecule has 0 amide bonds. The number of hydrogen-bond donors (Lipinski definition) is 1. The highest BCUT2D eigenvalue weighted by Gasteiger charge is 2.37. The van der Waals surface area contributed by atoms with E-state index in [4.69, 9.17) is 9.47 Å². The van der Waals surface area contributed by atoms with Gasteiger partial charge in [0, 0.05) is 18.7 Å². The van der Waals surface area contributed by atoms with Crippen molar-refractivity contribution in [2.24, 2.45) is 0 Å². The van der Waals surface area contributed by atoms with E-state index in [2.05, 4.69) is 4.98 Å². The average Bonchev–Trinajstić information content (AvgIpc) is 3.16. The summed E-state index contributed by atoms with van der Waals surface area (Å²) in [5, 5.41) is -0.0262. The molecule has 4 rings (SSSR count). The maximum Gasteiger partial charge on any atom is 0.329 e. The molecule has 6 nitrogen and oxygen atoms in total. The molecule has 1 aliphatic rings. The molecule has 30 heavy (non-hydrogen) atoms. The van der Waals surface area contributed by atoms with E-state index in [0.717, 1.165) is 11.1 Å². The number of hydrogen-bond acceptors (Lipinski definition) is 5. The molecule has 1 N–H and O–H groups in total. The lowest BCUT2D eigenvalue weighted by molar-refractivity contribution is 0.0135. The number of H-pyrrole nitrogens is 1. The molecule has 0 unspecified atom stereocenters. The number of benzene rings is 2. The zero-order valence-electron chi connectivity index (χ0n) is 16.5. The molecular weight excluding hydrogens is 400 g/mol. The fourth-order valence-electron chi connectivity index (χ4n) is 3.50. The van der Waals surface area contributed by atoms with Crippen LogP contribution in [0.25, 0.3) is 0 Å². The second-order valence-electron chi connectivity index (χ2n) is 7.22. The number of aromatic nitrogens is 2. The lowest BCUT2D eigenvalue weighted by atomic mass is 10.1. The van der Waals surface area contributed by atoms with Crippen molar-refractivity contribution in [2.75, 3.05) is 6.61 Å². The number of nitrogens with one attached hydrogen (secondary N) is 1. The predicted molar refractivity (Wildman–Crippen MR) is 117 cm³/mol. The molecule has 1 aliphatic heterocycles. The van der Waals surface area contributed by atoms with Crippen molar-refractivity contribution in [3.05, 3.63) is 105 Å². The van der Waals surface area contributed by atoms with Crippen LogP contribution in [0, 0.1) is 0 Å². The average molecular weight is 425 g/mol. The van der Waals surface area contributed by atoms with E-state index >= 15 is 0 Å². The summed E-state index contributed by atoms with van der Waals surface area (Å²) in [5.41, 5.74) is 1.44. The molecule has 0 spiro atoms. The summed E-state index contributed by atoms with van der Waals surface area (Å²) in [6, 6.07) is 21.4. The highest BCUT2D eigenvalue weighted by atomic mass is 32.2. The zero-order valence-corrected chi connectivity index (χ0v) is 17.3. The number of rotatable bonds is 8. The third-order valence-electron chi connectivity index (χ3n) is 5.04. The standard InChI is InChI=1S/C23H24N2O4S/c26-21-11-12-25(23(27)24-21)22-13-19(29-15-18-9-5-2-6-10-18)20(30-22)16-28-14-17-7-3-1-4-8-17/h1-12,19-20,22H,13-16H2,(H,24,26,27)/t19-,20-,22+/m0/s1. The molecule has 0 radical (unpaired) electrons. The van der Waals surface area contributed by atoms with Crippen molar-refractivity contribution >= 4 is 11.8 Å². The van der Waals surface area contributed by atoms with Crippen molar-refractivity contribution in [2.45, 2.75) is 36.4 Å². The first-order valence-electron chi connectivity index (χ1n) is 9.93. The Balaban J connectivity index is 1.43. The Hall–Kier alpha value is -2.61. The first kappa shape index (κ1) is 20.7. The van der Waals surface area contributed by atoms with Gasteiger partial charge in [0.05, 0.1) is 36.5 Å². The normalized spacial score (nSPS) is 21.0. The summed E-state index contributed by atoms with van der Waals surface area (Å²) < 4.78 is 13.8. The maximum absolute atomic E-state index is 12.2. The van der Waals surface area contributed by atoms with Gasteiger partial charge < -0.3 is 9.47 Å². The Labute approximate surface area is 178 Å². The van der Waals surface area contributed by atoms with Gasteiger partial charge in [-0.1, -0.05) is 60.7 Å². The van der Waals surface area contributed by atoms with E-state index in [9.17, 15) is 9.59 Å². The van der Waals surface area contributed by atoms with Gasteiger partial charge in [-0.2, -0.15) is 0 Å². The van der Waals surface area contributed by atoms with Gasteiger partial charge in [-0.25, -0.2) is 4.79 Å². The molecule has 3 aromatic rings. The highest BCUT2D eigenvalue weighted by molar-refractivity contribution is 8.00. The molecule has 7 heteroatoms. The summed E-state index contributed by atoms with van der Waals surface area (Å²) in [5.74, 6) is 0. The Morgan fingerprint density at radius 3 is 2.27 bits per heavy atom. The fraction of sp³-hybridized carbons (Fsp3) is 0.304. The summed E-state index contributed by atoms with van der Waals surface area (Å²) in [6.07, 6.45) is 2.16. The largest absolute Gasteiger partial charge is 0.376 e. The number of aromatic amines is 1. The lowest BCUT2D eigenvalue weighted by Crippen LogP contribution is -2.30. The van der Waals surface area contributed by atoms with Gasteiger partial charge >= 0.3 is 5.69 Å². The molecule has 0 aliphatic carbocycles. The molecule has 2 aromatic carbocycles. The number of nitrogens with zero attached hydrogens (tertiary/aromatic N) is 1. The van der Waals surface area contributed by atoms with Crippen LogP contribution in [0.3, 0.4) is 0 Å². The quantitative estimate of drug-likeness (QED) is 0.600. The minimum absolute atomic E-state index is 0.0604. The van der Waals surface area contributed by atoms with Crippen molar-refractivity contribution in [1.29, 1.82) is 0 Å². The molecule has 1 aromatic heterocycles. The molecule has 1 saturated heterocycles. The van der Waals surface area contributed by atoms with Crippen LogP contribution >= 0.6 is 11.8 Å². The van der Waals surface area contributed by atoms with Crippen molar-refractivity contribution in [3.8, 4) is 0 Å². The second-order valence-corrected chi connectivity index (χ2v) is 8.64. The number of ether oxygens (including phenoxy) is 2. The minimum Gasteiger partial charge on any atom is -0.376 e. The third-order valence-corrected chi connectivity index (χ3v) is 6.57. The summed E-state index contributed by atoms with van der Waals surface area (Å²) in [6.45, 7) is 1.56. The van der Waals surface area contributed by atoms with Gasteiger partial charge in [0.2, 0.25) is 0 Å². The fourth-order valence-corrected chi connectivity index (χ4v) is 5.04. The molecule has 3 atom stereocenters. The predicted octanol–water partition coefficient (Wildman–Crippen LogP) is 3.34. The molecule has 0 saturated carbocycles. The van der Waals surface area contributed by atoms with Gasteiger partial charge in [-0.05, 0) is 11.1 Å². The van der Waals surface area contributed by atoms with Crippen LogP contribution in [0.1, 0.15) is 22.9 Å². The van der Waals surface area contributed by atoms with Crippen molar-refractivity contribution in [1.82, 2.24) is 9.55 Å². The Morgan fingerprint density at radius 2 is 1.60 bits per heavy atom. The highest BCUT2D eigenvalue weighted by Crippen LogP contribution is 2.42. The van der Waals surface area contributed by atoms with Gasteiger partial charge in [0.1, 0.15) is 0 Å². The van der Waals surface area contributed by atoms with E-state index in [1.165, 1.54) is 6.07 Å². The van der Waals surface area contributed by atoms with Crippen molar-refractivity contribution < 1.29 is 9.47 Å². The SMILES string of the molecule is O=c1ccn([C@H]2C[C@H](OCc3ccccc3)[C@H](COCc3ccccc3)S2)c(=O)[nH]1. The van der Waals surface area contributed by atoms with Crippen LogP contribution in [-0.2, 0) is 22.7 Å². The van der Waals surface area contributed by atoms with Gasteiger partial charge in [-0.15, -0.1) is 11.8 Å². The molecule has 0 bridgehead atoms. The lowest BCUT2D eigenvalue weighted by Gasteiger charge is -2.19. The van der Waals surface area contributed by atoms with Gasteiger partial charge in [0.15, 0.2) is 0 Å². The summed E-state index contributed by atoms with van der Waals surface area (Å²) >= 11 is 1.65. The Kier molecular flexibility index (Phi) is 6.84. The van der Waals surface area contributed by atoms with E-state index in [1.807, 2.05) is 60.7 Å². The smallest absolute Gasteiger partial charge is 0.329 e. The topological polar surface area (TPSA) is 73.3 Å². The minimum atomic E-state index is -0.396.